The van der Waals surface area contributed by atoms with E-state index in [0.29, 0.717) is 12.8 Å². The third kappa shape index (κ3) is 10.1. The summed E-state index contributed by atoms with van der Waals surface area (Å²) in [5, 5.41) is 0. The van der Waals surface area contributed by atoms with Gasteiger partial charge in [0.1, 0.15) is 0 Å². The van der Waals surface area contributed by atoms with Gasteiger partial charge in [-0.3, -0.25) is 9.59 Å². The number of hydrogen-bond donors (Lipinski definition) is 0. The van der Waals surface area contributed by atoms with Gasteiger partial charge in [0, 0.05) is 17.4 Å². The molecule has 0 aromatic carbocycles. The molecule has 0 aliphatic heterocycles. The van der Waals surface area contributed by atoms with Crippen LogP contribution in [0.5, 0.6) is 0 Å². The molecule has 0 aliphatic rings. The lowest BCUT2D eigenvalue weighted by Crippen LogP contribution is -2.21. The molecule has 0 N–H and O–H groups in total. The lowest BCUT2D eigenvalue weighted by Gasteiger charge is -2.06. The SMILES string of the molecule is CCCCCC(=O)[C@H](C)O[P+](=O)O[C@@H](C)C(=O)CCCCC. The summed E-state index contributed by atoms with van der Waals surface area (Å²) >= 11 is 0. The largest absolute Gasteiger partial charge is 0.698 e. The molecule has 0 spiro atoms. The molecule has 0 rings (SSSR count). The van der Waals surface area contributed by atoms with Crippen LogP contribution in [0.4, 0.5) is 0 Å². The van der Waals surface area contributed by atoms with E-state index in [1.54, 1.807) is 13.8 Å². The van der Waals surface area contributed by atoms with Crippen molar-refractivity contribution in [3.05, 3.63) is 0 Å². The first kappa shape index (κ1) is 21.4. The highest BCUT2D eigenvalue weighted by Gasteiger charge is 2.33. The monoisotopic (exact) mass is 333 g/mol. The van der Waals surface area contributed by atoms with Crippen molar-refractivity contribution in [2.45, 2.75) is 91.3 Å². The van der Waals surface area contributed by atoms with E-state index < -0.39 is 20.5 Å². The maximum atomic E-state index is 11.8. The maximum Gasteiger partial charge on any atom is 0.698 e. The Morgan fingerprint density at radius 1 is 0.818 bits per heavy atom. The number of hydrogen-bond acceptors (Lipinski definition) is 5. The molecule has 0 fully saturated rings. The fourth-order valence-electron chi connectivity index (χ4n) is 1.91. The Kier molecular flexibility index (Phi) is 12.5. The molecule has 2 atom stereocenters. The highest BCUT2D eigenvalue weighted by Crippen LogP contribution is 2.29. The van der Waals surface area contributed by atoms with Crippen LogP contribution in [0.15, 0.2) is 0 Å². The number of carbonyl (C=O) groups excluding carboxylic acids is 2. The first-order chi connectivity index (χ1) is 10.4. The number of Topliss-reactive ketones (excluding diaryl/α,β-unsaturated/α-hetero) is 2. The summed E-state index contributed by atoms with van der Waals surface area (Å²) < 4.78 is 21.9. The van der Waals surface area contributed by atoms with Crippen molar-refractivity contribution in [3.8, 4) is 0 Å². The zero-order valence-corrected chi connectivity index (χ0v) is 15.2. The van der Waals surface area contributed by atoms with Crippen LogP contribution in [0, 0.1) is 0 Å². The van der Waals surface area contributed by atoms with Crippen LogP contribution in [0.1, 0.15) is 79.1 Å². The van der Waals surface area contributed by atoms with Crippen LogP contribution >= 0.6 is 8.25 Å². The summed E-state index contributed by atoms with van der Waals surface area (Å²) in [6, 6.07) is 0. The summed E-state index contributed by atoms with van der Waals surface area (Å²) in [4.78, 5) is 23.5. The van der Waals surface area contributed by atoms with Crippen LogP contribution in [0.3, 0.4) is 0 Å². The molecular formula is C16H30O5P+. The number of carbonyl (C=O) groups is 2. The minimum absolute atomic E-state index is 0.0812. The van der Waals surface area contributed by atoms with Crippen molar-refractivity contribution >= 4 is 19.8 Å². The molecule has 6 heteroatoms. The Bertz CT molecular complexity index is 324. The van der Waals surface area contributed by atoms with Gasteiger partial charge >= 0.3 is 8.25 Å². The minimum atomic E-state index is -2.45. The topological polar surface area (TPSA) is 69.7 Å². The van der Waals surface area contributed by atoms with Crippen molar-refractivity contribution < 1.29 is 23.2 Å². The van der Waals surface area contributed by atoms with Gasteiger partial charge in [0.15, 0.2) is 23.8 Å². The Hall–Kier alpha value is -0.640. The Balaban J connectivity index is 4.04. The Morgan fingerprint density at radius 3 is 1.50 bits per heavy atom. The highest BCUT2D eigenvalue weighted by molar-refractivity contribution is 7.33. The van der Waals surface area contributed by atoms with Crippen LogP contribution in [0.2, 0.25) is 0 Å². The van der Waals surface area contributed by atoms with Crippen molar-refractivity contribution in [3.63, 3.8) is 0 Å². The predicted molar refractivity (Wildman–Crippen MR) is 87.0 cm³/mol. The fourth-order valence-corrected chi connectivity index (χ4v) is 2.71. The highest BCUT2D eigenvalue weighted by atomic mass is 31.1. The van der Waals surface area contributed by atoms with Gasteiger partial charge in [-0.1, -0.05) is 39.5 Å². The smallest absolute Gasteiger partial charge is 0.297 e. The number of rotatable bonds is 14. The quantitative estimate of drug-likeness (QED) is 0.339. The van der Waals surface area contributed by atoms with E-state index >= 15 is 0 Å². The molecule has 22 heavy (non-hydrogen) atoms. The second kappa shape index (κ2) is 12.9. The Morgan fingerprint density at radius 2 is 1.18 bits per heavy atom. The molecule has 0 heterocycles. The van der Waals surface area contributed by atoms with Crippen LogP contribution in [-0.2, 0) is 23.2 Å². The van der Waals surface area contributed by atoms with Gasteiger partial charge in [-0.05, 0) is 26.7 Å². The van der Waals surface area contributed by atoms with E-state index in [9.17, 15) is 14.2 Å². The molecule has 0 saturated carbocycles. The van der Waals surface area contributed by atoms with Gasteiger partial charge in [-0.15, -0.1) is 9.05 Å². The summed E-state index contributed by atoms with van der Waals surface area (Å²) in [5.41, 5.74) is 0. The van der Waals surface area contributed by atoms with E-state index in [0.717, 1.165) is 38.5 Å². The molecule has 0 radical (unpaired) electrons. The first-order valence-electron chi connectivity index (χ1n) is 8.28. The predicted octanol–water partition coefficient (Wildman–Crippen LogP) is 4.75. The standard InChI is InChI=1S/C16H30O5P/c1-5-7-9-11-15(17)13(3)20-22(19)21-14(4)16(18)12-10-8-6-2/h13-14H,5-12H2,1-4H3/q+1/t13-,14-/m0/s1. The van der Waals surface area contributed by atoms with Gasteiger partial charge in [0.2, 0.25) is 0 Å². The van der Waals surface area contributed by atoms with Gasteiger partial charge in [-0.2, -0.15) is 0 Å². The summed E-state index contributed by atoms with van der Waals surface area (Å²) in [5.74, 6) is -0.162. The molecule has 0 amide bonds. The lowest BCUT2D eigenvalue weighted by atomic mass is 10.1. The fraction of sp³-hybridized carbons (Fsp3) is 0.875. The molecule has 0 unspecified atom stereocenters. The molecule has 0 bridgehead atoms. The van der Waals surface area contributed by atoms with Gasteiger partial charge in [0.05, 0.1) is 0 Å². The Labute approximate surface area is 135 Å². The van der Waals surface area contributed by atoms with E-state index in [2.05, 4.69) is 13.8 Å². The second-order valence-electron chi connectivity index (χ2n) is 5.57. The van der Waals surface area contributed by atoms with Crippen LogP contribution in [-0.4, -0.2) is 23.8 Å². The number of ketones is 2. The van der Waals surface area contributed by atoms with Gasteiger partial charge in [-0.25, -0.2) is 0 Å². The molecule has 0 aromatic rings. The normalized spacial score (nSPS) is 13.6. The van der Waals surface area contributed by atoms with Crippen molar-refractivity contribution in [2.24, 2.45) is 0 Å². The van der Waals surface area contributed by atoms with E-state index in [4.69, 9.17) is 9.05 Å². The number of unbranched alkanes of at least 4 members (excludes halogenated alkanes) is 4. The van der Waals surface area contributed by atoms with Crippen LogP contribution in [0.25, 0.3) is 0 Å². The summed E-state index contributed by atoms with van der Waals surface area (Å²) in [6.45, 7) is 7.26. The lowest BCUT2D eigenvalue weighted by molar-refractivity contribution is -0.126. The third-order valence-electron chi connectivity index (χ3n) is 3.45. The van der Waals surface area contributed by atoms with Crippen molar-refractivity contribution in [2.75, 3.05) is 0 Å². The minimum Gasteiger partial charge on any atom is -0.297 e. The first-order valence-corrected chi connectivity index (χ1v) is 9.38. The van der Waals surface area contributed by atoms with E-state index in [1.165, 1.54) is 0 Å². The maximum absolute atomic E-state index is 11.8. The average Bonchev–Trinajstić information content (AvgIpc) is 2.47. The van der Waals surface area contributed by atoms with Crippen LogP contribution < -0.4 is 0 Å². The molecule has 0 aliphatic carbocycles. The molecular weight excluding hydrogens is 303 g/mol. The molecule has 128 valence electrons. The molecule has 0 aromatic heterocycles. The van der Waals surface area contributed by atoms with E-state index in [1.807, 2.05) is 0 Å². The average molecular weight is 333 g/mol. The van der Waals surface area contributed by atoms with Gasteiger partial charge < -0.3 is 0 Å². The molecule has 0 saturated heterocycles. The van der Waals surface area contributed by atoms with Crippen molar-refractivity contribution in [1.82, 2.24) is 0 Å². The zero-order chi connectivity index (χ0) is 17.0. The zero-order valence-electron chi connectivity index (χ0n) is 14.3. The molecule has 5 nitrogen and oxygen atoms in total. The van der Waals surface area contributed by atoms with Crippen molar-refractivity contribution in [1.29, 1.82) is 0 Å². The summed E-state index contributed by atoms with van der Waals surface area (Å²) in [6.07, 6.45) is 5.00. The summed E-state index contributed by atoms with van der Waals surface area (Å²) in [7, 11) is -2.45. The van der Waals surface area contributed by atoms with Gasteiger partial charge in [0.25, 0.3) is 0 Å². The van der Waals surface area contributed by atoms with E-state index in [-0.39, 0.29) is 11.6 Å². The second-order valence-corrected chi connectivity index (χ2v) is 6.43. The third-order valence-corrected chi connectivity index (χ3v) is 4.43.